The Balaban J connectivity index is 0. The second-order valence-electron chi connectivity index (χ2n) is 0.635. The maximum atomic E-state index is 10.9. The van der Waals surface area contributed by atoms with Gasteiger partial charge in [-0.3, -0.25) is 0 Å². The van der Waals surface area contributed by atoms with Crippen molar-refractivity contribution in [3.8, 4) is 0 Å². The molecule has 0 unspecified atom stereocenters. The first kappa shape index (κ1) is 11.9. The van der Waals surface area contributed by atoms with Crippen molar-refractivity contribution in [2.75, 3.05) is 6.01 Å². The van der Waals surface area contributed by atoms with E-state index in [1.165, 1.54) is 0 Å². The molecule has 0 heterocycles. The molecule has 0 aromatic rings. The predicted octanol–water partition coefficient (Wildman–Crippen LogP) is -2.89. The fourth-order valence-corrected chi connectivity index (χ4v) is 0.491. The normalized spacial score (nSPS) is 10.2. The SMILES string of the molecule is O=S(=O)([O-])SCF.[Na+]. The molecule has 0 amide bonds. The minimum atomic E-state index is -4.38. The summed E-state index contributed by atoms with van der Waals surface area (Å²) in [5.74, 6) is 0. The first-order chi connectivity index (χ1) is 3.06. The summed E-state index contributed by atoms with van der Waals surface area (Å²) in [4.78, 5) is 0. The van der Waals surface area contributed by atoms with Crippen molar-refractivity contribution in [3.05, 3.63) is 0 Å². The molecule has 0 aliphatic heterocycles. The van der Waals surface area contributed by atoms with E-state index in [1.807, 2.05) is 0 Å². The molecule has 0 rings (SSSR count). The van der Waals surface area contributed by atoms with Gasteiger partial charge < -0.3 is 4.55 Å². The van der Waals surface area contributed by atoms with Crippen molar-refractivity contribution in [2.24, 2.45) is 0 Å². The summed E-state index contributed by atoms with van der Waals surface area (Å²) >= 11 is 0. The van der Waals surface area contributed by atoms with Crippen LogP contribution in [0.1, 0.15) is 0 Å². The molecule has 0 aliphatic carbocycles. The Hall–Kier alpha value is 1.19. The van der Waals surface area contributed by atoms with Crippen LogP contribution in [0, 0.1) is 0 Å². The quantitative estimate of drug-likeness (QED) is 0.252. The minimum Gasteiger partial charge on any atom is -0.739 e. The van der Waals surface area contributed by atoms with Crippen LogP contribution < -0.4 is 29.6 Å². The third-order valence-electron chi connectivity index (χ3n) is 0.189. The predicted molar refractivity (Wildman–Crippen MR) is 23.3 cm³/mol. The molecule has 8 heavy (non-hydrogen) atoms. The molecule has 0 aromatic carbocycles. The molecule has 7 heteroatoms. The first-order valence-electron chi connectivity index (χ1n) is 1.22. The van der Waals surface area contributed by atoms with E-state index in [1.54, 1.807) is 0 Å². The Labute approximate surface area is 72.5 Å². The number of alkyl halides is 1. The largest absolute Gasteiger partial charge is 1.00 e. The van der Waals surface area contributed by atoms with Crippen LogP contribution in [-0.4, -0.2) is 19.0 Å². The standard InChI is InChI=1S/CH3FO3S2.Na/c2-1-6-7(3,4)5;/h1H2,(H,3,4,5);/q;+1/p-1. The van der Waals surface area contributed by atoms with Gasteiger partial charge in [0.1, 0.15) is 6.01 Å². The van der Waals surface area contributed by atoms with E-state index in [0.717, 1.165) is 0 Å². The molecular formula is CH2FNaO3S2. The van der Waals surface area contributed by atoms with Gasteiger partial charge in [0.2, 0.25) is 0 Å². The van der Waals surface area contributed by atoms with Crippen molar-refractivity contribution in [3.63, 3.8) is 0 Å². The van der Waals surface area contributed by atoms with Crippen molar-refractivity contribution in [2.45, 2.75) is 0 Å². The van der Waals surface area contributed by atoms with E-state index in [-0.39, 0.29) is 40.4 Å². The van der Waals surface area contributed by atoms with E-state index in [0.29, 0.717) is 0 Å². The van der Waals surface area contributed by atoms with Crippen LogP contribution in [0.15, 0.2) is 0 Å². The monoisotopic (exact) mass is 168 g/mol. The molecular weight excluding hydrogens is 166 g/mol. The summed E-state index contributed by atoms with van der Waals surface area (Å²) in [6, 6.07) is -1.17. The molecule has 0 saturated heterocycles. The Kier molecular flexibility index (Phi) is 7.47. The number of hydrogen-bond donors (Lipinski definition) is 0. The number of rotatable bonds is 2. The van der Waals surface area contributed by atoms with Crippen LogP contribution in [0.4, 0.5) is 4.39 Å². The third-order valence-corrected chi connectivity index (χ3v) is 1.70. The van der Waals surface area contributed by atoms with Gasteiger partial charge in [-0.1, -0.05) is 0 Å². The molecule has 0 aromatic heterocycles. The molecule has 0 bridgehead atoms. The summed E-state index contributed by atoms with van der Waals surface area (Å²) in [5, 5.41) is 0. The molecule has 44 valence electrons. The minimum absolute atomic E-state index is 0. The van der Waals surface area contributed by atoms with E-state index >= 15 is 0 Å². The Morgan fingerprint density at radius 3 is 2.00 bits per heavy atom. The summed E-state index contributed by atoms with van der Waals surface area (Å²) in [5.41, 5.74) is 0. The van der Waals surface area contributed by atoms with E-state index < -0.39 is 15.2 Å². The van der Waals surface area contributed by atoms with Crippen LogP contribution in [0.3, 0.4) is 0 Å². The van der Waals surface area contributed by atoms with Gasteiger partial charge in [0.05, 0.1) is 0 Å². The number of halogens is 1. The second-order valence-corrected chi connectivity index (χ2v) is 3.84. The van der Waals surface area contributed by atoms with Gasteiger partial charge in [-0.25, -0.2) is 12.8 Å². The average Bonchev–Trinajstić information content (AvgIpc) is 1.30. The van der Waals surface area contributed by atoms with Gasteiger partial charge in [-0.2, -0.15) is 0 Å². The molecule has 0 saturated carbocycles. The Morgan fingerprint density at radius 1 is 1.62 bits per heavy atom. The van der Waals surface area contributed by atoms with Gasteiger partial charge in [0.15, 0.2) is 9.15 Å². The van der Waals surface area contributed by atoms with Crippen LogP contribution in [0.5, 0.6) is 0 Å². The summed E-state index contributed by atoms with van der Waals surface area (Å²) in [6.07, 6.45) is 0. The topological polar surface area (TPSA) is 57.2 Å². The fourth-order valence-electron chi connectivity index (χ4n) is 0.0546. The van der Waals surface area contributed by atoms with Gasteiger partial charge >= 0.3 is 29.6 Å². The van der Waals surface area contributed by atoms with Crippen molar-refractivity contribution in [1.29, 1.82) is 0 Å². The van der Waals surface area contributed by atoms with Crippen molar-refractivity contribution in [1.82, 2.24) is 0 Å². The van der Waals surface area contributed by atoms with Crippen LogP contribution in [-0.2, 0) is 9.15 Å². The molecule has 3 nitrogen and oxygen atoms in total. The van der Waals surface area contributed by atoms with E-state index in [9.17, 15) is 17.4 Å². The molecule has 0 radical (unpaired) electrons. The Bertz CT molecular complexity index is 130. The summed E-state index contributed by atoms with van der Waals surface area (Å²) in [6.45, 7) is 0. The van der Waals surface area contributed by atoms with Crippen molar-refractivity contribution < 1.29 is 46.9 Å². The first-order valence-corrected chi connectivity index (χ1v) is 4.13. The summed E-state index contributed by atoms with van der Waals surface area (Å²) in [7, 11) is -4.64. The molecule has 0 atom stereocenters. The van der Waals surface area contributed by atoms with Crippen LogP contribution >= 0.6 is 10.8 Å². The average molecular weight is 168 g/mol. The third kappa shape index (κ3) is 10.2. The van der Waals surface area contributed by atoms with Gasteiger partial charge in [-0.15, -0.1) is 0 Å². The number of hydrogen-bond acceptors (Lipinski definition) is 4. The summed E-state index contributed by atoms with van der Waals surface area (Å²) < 4.78 is 39.1. The van der Waals surface area contributed by atoms with Gasteiger partial charge in [-0.05, 0) is 10.8 Å². The zero-order valence-electron chi connectivity index (χ0n) is 4.13. The maximum absolute atomic E-state index is 10.9. The second kappa shape index (κ2) is 5.01. The zero-order chi connectivity index (χ0) is 5.91. The van der Waals surface area contributed by atoms with Crippen LogP contribution in [0.25, 0.3) is 0 Å². The van der Waals surface area contributed by atoms with Crippen molar-refractivity contribution >= 4 is 19.9 Å². The zero-order valence-corrected chi connectivity index (χ0v) is 7.76. The van der Waals surface area contributed by atoms with Crippen LogP contribution in [0.2, 0.25) is 0 Å². The smallest absolute Gasteiger partial charge is 0.739 e. The van der Waals surface area contributed by atoms with E-state index in [2.05, 4.69) is 0 Å². The molecule has 0 fully saturated rings. The van der Waals surface area contributed by atoms with Gasteiger partial charge in [0, 0.05) is 0 Å². The molecule has 0 spiro atoms. The van der Waals surface area contributed by atoms with Gasteiger partial charge in [0.25, 0.3) is 0 Å². The maximum Gasteiger partial charge on any atom is 1.00 e. The molecule has 0 N–H and O–H groups in total. The molecule has 0 aliphatic rings. The van der Waals surface area contributed by atoms with E-state index in [4.69, 9.17) is 0 Å². The Morgan fingerprint density at radius 2 is 2.00 bits per heavy atom. The fraction of sp³-hybridized carbons (Fsp3) is 1.00.